The molecule has 10 heteroatoms. The Labute approximate surface area is 317 Å². The first kappa shape index (κ1) is 40.3. The number of hydrogen-bond acceptors (Lipinski definition) is 10. The molecule has 0 fully saturated rings. The number of ether oxygens (including phenoxy) is 5. The molecule has 4 N–H and O–H groups in total. The molecule has 0 spiro atoms. The lowest BCUT2D eigenvalue weighted by atomic mass is 9.78. The number of aliphatic hydroxyl groups is 4. The third-order valence-corrected chi connectivity index (χ3v) is 9.42. The van der Waals surface area contributed by atoms with E-state index < -0.39 is 18.3 Å². The molecule has 10 nitrogen and oxygen atoms in total. The summed E-state index contributed by atoms with van der Waals surface area (Å²) in [5, 5.41) is 39.3. The van der Waals surface area contributed by atoms with Crippen molar-refractivity contribution < 1.29 is 48.5 Å². The van der Waals surface area contributed by atoms with Crippen LogP contribution in [0.15, 0.2) is 120 Å². The molecule has 0 aliphatic rings. The van der Waals surface area contributed by atoms with E-state index >= 15 is 0 Å². The van der Waals surface area contributed by atoms with Crippen molar-refractivity contribution in [3.63, 3.8) is 0 Å². The molecule has 1 heterocycles. The third-order valence-electron chi connectivity index (χ3n) is 9.42. The largest absolute Gasteiger partial charge is 0.491 e. The van der Waals surface area contributed by atoms with Crippen LogP contribution in [-0.4, -0.2) is 78.4 Å². The van der Waals surface area contributed by atoms with Gasteiger partial charge in [0.05, 0.1) is 19.5 Å². The molecule has 288 valence electrons. The third kappa shape index (κ3) is 11.3. The van der Waals surface area contributed by atoms with Crippen LogP contribution in [0, 0.1) is 0 Å². The van der Waals surface area contributed by atoms with E-state index in [1.807, 2.05) is 103 Å². The highest BCUT2D eigenvalue weighted by atomic mass is 16.5. The van der Waals surface area contributed by atoms with Gasteiger partial charge in [0, 0.05) is 10.8 Å². The Kier molecular flexibility index (Phi) is 14.2. The number of hydrogen-bond donors (Lipinski definition) is 4. The Morgan fingerprint density at radius 2 is 0.815 bits per heavy atom. The monoisotopic (exact) mass is 740 g/mol. The number of benzene rings is 4. The molecule has 3 unspecified atom stereocenters. The van der Waals surface area contributed by atoms with Crippen LogP contribution in [0.3, 0.4) is 0 Å². The summed E-state index contributed by atoms with van der Waals surface area (Å²) in [7, 11) is 0. The molecule has 1 aromatic heterocycles. The van der Waals surface area contributed by atoms with Gasteiger partial charge in [-0.3, -0.25) is 0 Å². The molecule has 0 aliphatic carbocycles. The first-order valence-electron chi connectivity index (χ1n) is 18.1. The maximum Gasteiger partial charge on any atom is 0.129 e. The molecule has 5 aromatic rings. The van der Waals surface area contributed by atoms with E-state index in [4.69, 9.17) is 33.2 Å². The summed E-state index contributed by atoms with van der Waals surface area (Å²) in [6, 6.07) is 34.8. The first-order chi connectivity index (χ1) is 25.9. The van der Waals surface area contributed by atoms with Crippen molar-refractivity contribution in [1.29, 1.82) is 0 Å². The van der Waals surface area contributed by atoms with E-state index in [1.54, 1.807) is 12.3 Å². The van der Waals surface area contributed by atoms with Crippen molar-refractivity contribution in [2.75, 3.05) is 39.6 Å². The summed E-state index contributed by atoms with van der Waals surface area (Å²) in [6.45, 7) is 8.97. The Bertz CT molecular complexity index is 1800. The lowest BCUT2D eigenvalue weighted by molar-refractivity contribution is 0.000875. The highest BCUT2D eigenvalue weighted by Gasteiger charge is 2.25. The fourth-order valence-corrected chi connectivity index (χ4v) is 5.81. The van der Waals surface area contributed by atoms with E-state index in [-0.39, 0.29) is 50.5 Å². The highest BCUT2D eigenvalue weighted by Crippen LogP contribution is 2.35. The Morgan fingerprint density at radius 3 is 1.13 bits per heavy atom. The maximum absolute atomic E-state index is 10.6. The zero-order valence-electron chi connectivity index (χ0n) is 31.4. The van der Waals surface area contributed by atoms with Crippen molar-refractivity contribution in [2.24, 2.45) is 0 Å². The molecular formula is C44H52O10. The summed E-state index contributed by atoms with van der Waals surface area (Å²) in [5.41, 5.74) is 3.81. The molecule has 0 aliphatic heterocycles. The van der Waals surface area contributed by atoms with E-state index in [2.05, 4.69) is 27.7 Å². The van der Waals surface area contributed by atoms with E-state index in [0.717, 1.165) is 22.3 Å². The minimum Gasteiger partial charge on any atom is -0.491 e. The van der Waals surface area contributed by atoms with Gasteiger partial charge in [0.25, 0.3) is 0 Å². The van der Waals surface area contributed by atoms with Gasteiger partial charge in [0.1, 0.15) is 80.1 Å². The lowest BCUT2D eigenvalue weighted by Crippen LogP contribution is -2.25. The second-order valence-electron chi connectivity index (χ2n) is 14.3. The minimum absolute atomic E-state index is 0.0308. The fourth-order valence-electron chi connectivity index (χ4n) is 5.81. The highest BCUT2D eigenvalue weighted by molar-refractivity contribution is 5.43. The van der Waals surface area contributed by atoms with E-state index in [0.29, 0.717) is 35.4 Å². The number of aliphatic hydroxyl groups excluding tert-OH is 4. The molecule has 0 radical (unpaired) electrons. The molecule has 0 bridgehead atoms. The van der Waals surface area contributed by atoms with Crippen molar-refractivity contribution in [1.82, 2.24) is 0 Å². The summed E-state index contributed by atoms with van der Waals surface area (Å²) >= 11 is 0. The van der Waals surface area contributed by atoms with Crippen molar-refractivity contribution in [3.05, 3.63) is 143 Å². The Balaban J connectivity index is 1.03. The van der Waals surface area contributed by atoms with Gasteiger partial charge in [-0.1, -0.05) is 76.2 Å². The standard InChI is InChI=1S/C44H52O10/c1-43(2,31-7-15-38(16-8-31)51-26-35(46)24-45)33-11-19-40(20-12-33)53-28-37(48)29-54-41-21-13-34(14-22-41)44(3,4)32-9-17-39(18-10-32)52-27-36(47)25-49-30-42-6-5-23-50-42/h5-23,35-37,45-48H,24-30H2,1-4H3. The molecule has 0 saturated heterocycles. The lowest BCUT2D eigenvalue weighted by Gasteiger charge is -2.27. The van der Waals surface area contributed by atoms with E-state index in [9.17, 15) is 15.3 Å². The summed E-state index contributed by atoms with van der Waals surface area (Å²) in [6.07, 6.45) is -0.915. The predicted molar refractivity (Wildman–Crippen MR) is 205 cm³/mol. The second kappa shape index (κ2) is 19.0. The van der Waals surface area contributed by atoms with Gasteiger partial charge in [0.15, 0.2) is 0 Å². The van der Waals surface area contributed by atoms with Gasteiger partial charge in [-0.05, 0) is 82.9 Å². The van der Waals surface area contributed by atoms with Crippen LogP contribution in [0.5, 0.6) is 23.0 Å². The number of furan rings is 1. The smallest absolute Gasteiger partial charge is 0.129 e. The van der Waals surface area contributed by atoms with Crippen LogP contribution in [0.4, 0.5) is 0 Å². The van der Waals surface area contributed by atoms with Crippen LogP contribution in [-0.2, 0) is 22.2 Å². The molecule has 5 rings (SSSR count). The van der Waals surface area contributed by atoms with Gasteiger partial charge in [0.2, 0.25) is 0 Å². The summed E-state index contributed by atoms with van der Waals surface area (Å²) in [4.78, 5) is 0. The van der Waals surface area contributed by atoms with Gasteiger partial charge in [-0.15, -0.1) is 0 Å². The van der Waals surface area contributed by atoms with Crippen molar-refractivity contribution >= 4 is 0 Å². The second-order valence-corrected chi connectivity index (χ2v) is 14.3. The van der Waals surface area contributed by atoms with Crippen LogP contribution >= 0.6 is 0 Å². The fraction of sp³-hybridized carbons (Fsp3) is 0.364. The molecule has 0 saturated carbocycles. The Morgan fingerprint density at radius 1 is 0.481 bits per heavy atom. The first-order valence-corrected chi connectivity index (χ1v) is 18.1. The Hall–Kier alpha value is -4.84. The molecule has 4 aromatic carbocycles. The maximum atomic E-state index is 10.6. The quantitative estimate of drug-likeness (QED) is 0.0665. The summed E-state index contributed by atoms with van der Waals surface area (Å²) < 4.78 is 33.7. The van der Waals surface area contributed by atoms with Gasteiger partial charge < -0.3 is 48.5 Å². The molecule has 0 amide bonds. The average Bonchev–Trinajstić information content (AvgIpc) is 3.72. The van der Waals surface area contributed by atoms with E-state index in [1.165, 1.54) is 0 Å². The predicted octanol–water partition coefficient (Wildman–Crippen LogP) is 6.44. The molecule has 54 heavy (non-hydrogen) atoms. The minimum atomic E-state index is -0.911. The molecule has 3 atom stereocenters. The van der Waals surface area contributed by atoms with Crippen LogP contribution in [0.1, 0.15) is 55.7 Å². The van der Waals surface area contributed by atoms with Gasteiger partial charge >= 0.3 is 0 Å². The normalized spacial score (nSPS) is 13.6. The van der Waals surface area contributed by atoms with Crippen molar-refractivity contribution in [2.45, 2.75) is 63.4 Å². The van der Waals surface area contributed by atoms with Crippen LogP contribution in [0.25, 0.3) is 0 Å². The SMILES string of the molecule is CC(C)(c1ccc(OCC(O)CO)cc1)c1ccc(OCC(O)COc2ccc(C(C)(C)c3ccc(OCC(O)COCc4ccco4)cc3)cc2)cc1. The van der Waals surface area contributed by atoms with Crippen molar-refractivity contribution in [3.8, 4) is 23.0 Å². The zero-order chi connectivity index (χ0) is 38.6. The topological polar surface area (TPSA) is 140 Å². The van der Waals surface area contributed by atoms with Gasteiger partial charge in [-0.2, -0.15) is 0 Å². The molecular weight excluding hydrogens is 688 g/mol. The van der Waals surface area contributed by atoms with Crippen LogP contribution < -0.4 is 18.9 Å². The van der Waals surface area contributed by atoms with Crippen LogP contribution in [0.2, 0.25) is 0 Å². The average molecular weight is 741 g/mol. The zero-order valence-corrected chi connectivity index (χ0v) is 31.4. The van der Waals surface area contributed by atoms with Gasteiger partial charge in [-0.25, -0.2) is 0 Å². The number of rotatable bonds is 21. The summed E-state index contributed by atoms with van der Waals surface area (Å²) in [5.74, 6) is 3.29.